The quantitative estimate of drug-likeness (QED) is 0.866. The lowest BCUT2D eigenvalue weighted by Gasteiger charge is -2.28. The molecular formula is C15H24N2O. The van der Waals surface area contributed by atoms with Gasteiger partial charge in [-0.1, -0.05) is 18.2 Å². The highest BCUT2D eigenvalue weighted by molar-refractivity contribution is 5.37. The van der Waals surface area contributed by atoms with Crippen LogP contribution in [0.3, 0.4) is 0 Å². The molecule has 1 aliphatic heterocycles. The second-order valence-electron chi connectivity index (χ2n) is 5.26. The second kappa shape index (κ2) is 6.21. The summed E-state index contributed by atoms with van der Waals surface area (Å²) in [6, 6.07) is 9.39. The number of nitrogens with one attached hydrogen (secondary N) is 1. The fourth-order valence-electron chi connectivity index (χ4n) is 2.23. The number of hydrogen-bond acceptors (Lipinski definition) is 3. The van der Waals surface area contributed by atoms with Gasteiger partial charge in [-0.25, -0.2) is 0 Å². The third kappa shape index (κ3) is 3.24. The van der Waals surface area contributed by atoms with Gasteiger partial charge in [-0.15, -0.1) is 0 Å². The van der Waals surface area contributed by atoms with Gasteiger partial charge in [0.15, 0.2) is 0 Å². The number of rotatable bonds is 5. The van der Waals surface area contributed by atoms with E-state index >= 15 is 0 Å². The Kier molecular flexibility index (Phi) is 4.61. The highest BCUT2D eigenvalue weighted by atomic mass is 16.5. The van der Waals surface area contributed by atoms with Crippen LogP contribution in [0.4, 0.5) is 0 Å². The number of nitrogens with zero attached hydrogens (tertiary/aromatic N) is 1. The van der Waals surface area contributed by atoms with Crippen molar-refractivity contribution in [3.63, 3.8) is 0 Å². The minimum absolute atomic E-state index is 0.440. The van der Waals surface area contributed by atoms with E-state index in [2.05, 4.69) is 49.3 Å². The third-order valence-corrected chi connectivity index (χ3v) is 3.70. The van der Waals surface area contributed by atoms with Gasteiger partial charge in [0, 0.05) is 37.2 Å². The Hall–Kier alpha value is -1.06. The van der Waals surface area contributed by atoms with Crippen LogP contribution >= 0.6 is 0 Å². The Morgan fingerprint density at radius 1 is 1.39 bits per heavy atom. The molecule has 1 atom stereocenters. The molecule has 0 bridgehead atoms. The van der Waals surface area contributed by atoms with E-state index in [1.165, 1.54) is 5.56 Å². The fraction of sp³-hybridized carbons (Fsp3) is 0.600. The van der Waals surface area contributed by atoms with Crippen molar-refractivity contribution in [1.82, 2.24) is 10.2 Å². The largest absolute Gasteiger partial charge is 0.493 e. The van der Waals surface area contributed by atoms with Crippen LogP contribution in [0.2, 0.25) is 0 Å². The predicted octanol–water partition coefficient (Wildman–Crippen LogP) is 2.44. The molecule has 3 nitrogen and oxygen atoms in total. The van der Waals surface area contributed by atoms with Crippen LogP contribution in [0, 0.1) is 0 Å². The number of likely N-dealkylation sites (N-methyl/N-ethyl adjacent to an activating group) is 1. The van der Waals surface area contributed by atoms with Crippen LogP contribution in [0.1, 0.15) is 31.9 Å². The molecule has 3 heteroatoms. The molecule has 1 heterocycles. The number of fused-ring (bicyclic) bond motifs is 1. The van der Waals surface area contributed by atoms with Crippen molar-refractivity contribution in [2.24, 2.45) is 0 Å². The molecule has 0 aromatic heterocycles. The van der Waals surface area contributed by atoms with Gasteiger partial charge in [0.1, 0.15) is 5.75 Å². The smallest absolute Gasteiger partial charge is 0.124 e. The van der Waals surface area contributed by atoms with E-state index in [4.69, 9.17) is 4.74 Å². The number of hydrogen-bond donors (Lipinski definition) is 1. The summed E-state index contributed by atoms with van der Waals surface area (Å²) in [4.78, 5) is 2.36. The molecule has 1 aromatic rings. The minimum Gasteiger partial charge on any atom is -0.493 e. The lowest BCUT2D eigenvalue weighted by Crippen LogP contribution is -2.36. The molecule has 0 amide bonds. The first-order valence-corrected chi connectivity index (χ1v) is 6.84. The van der Waals surface area contributed by atoms with Crippen LogP contribution < -0.4 is 10.1 Å². The Labute approximate surface area is 110 Å². The van der Waals surface area contributed by atoms with Gasteiger partial charge in [0.2, 0.25) is 0 Å². The van der Waals surface area contributed by atoms with Crippen molar-refractivity contribution in [2.75, 3.05) is 26.7 Å². The number of ether oxygens (including phenoxy) is 1. The Morgan fingerprint density at radius 2 is 2.17 bits per heavy atom. The first-order valence-electron chi connectivity index (χ1n) is 6.84. The van der Waals surface area contributed by atoms with Gasteiger partial charge in [0.05, 0.1) is 6.61 Å². The third-order valence-electron chi connectivity index (χ3n) is 3.70. The molecule has 0 spiro atoms. The molecule has 0 saturated heterocycles. The zero-order chi connectivity index (χ0) is 13.0. The predicted molar refractivity (Wildman–Crippen MR) is 75.1 cm³/mol. The van der Waals surface area contributed by atoms with Gasteiger partial charge >= 0.3 is 0 Å². The van der Waals surface area contributed by atoms with E-state index in [1.807, 2.05) is 6.07 Å². The van der Waals surface area contributed by atoms with Crippen molar-refractivity contribution < 1.29 is 4.74 Å². The topological polar surface area (TPSA) is 24.5 Å². The van der Waals surface area contributed by atoms with E-state index < -0.39 is 0 Å². The Bertz CT molecular complexity index is 379. The van der Waals surface area contributed by atoms with E-state index in [0.29, 0.717) is 12.1 Å². The van der Waals surface area contributed by atoms with E-state index in [9.17, 15) is 0 Å². The van der Waals surface area contributed by atoms with Crippen molar-refractivity contribution >= 4 is 0 Å². The SMILES string of the molecule is CC(C)N(C)CCNC1CCOc2ccccc21. The summed E-state index contributed by atoms with van der Waals surface area (Å²) in [6.45, 7) is 7.37. The lowest BCUT2D eigenvalue weighted by atomic mass is 10.0. The average molecular weight is 248 g/mol. The van der Waals surface area contributed by atoms with E-state index in [-0.39, 0.29) is 0 Å². The Balaban J connectivity index is 1.88. The minimum atomic E-state index is 0.440. The van der Waals surface area contributed by atoms with Crippen LogP contribution in [0.25, 0.3) is 0 Å². The second-order valence-corrected chi connectivity index (χ2v) is 5.26. The van der Waals surface area contributed by atoms with Crippen molar-refractivity contribution in [1.29, 1.82) is 0 Å². The normalized spacial score (nSPS) is 18.8. The summed E-state index contributed by atoms with van der Waals surface area (Å²) >= 11 is 0. The summed E-state index contributed by atoms with van der Waals surface area (Å²) in [5.74, 6) is 1.04. The maximum atomic E-state index is 5.67. The summed E-state index contributed by atoms with van der Waals surface area (Å²) in [5, 5.41) is 3.64. The zero-order valence-corrected chi connectivity index (χ0v) is 11.6. The zero-order valence-electron chi connectivity index (χ0n) is 11.6. The first-order chi connectivity index (χ1) is 8.68. The fourth-order valence-corrected chi connectivity index (χ4v) is 2.23. The van der Waals surface area contributed by atoms with Crippen molar-refractivity contribution in [2.45, 2.75) is 32.4 Å². The molecule has 1 N–H and O–H groups in total. The maximum Gasteiger partial charge on any atom is 0.124 e. The van der Waals surface area contributed by atoms with Crippen molar-refractivity contribution in [3.05, 3.63) is 29.8 Å². The molecule has 100 valence electrons. The summed E-state index contributed by atoms with van der Waals surface area (Å²) in [6.07, 6.45) is 1.06. The highest BCUT2D eigenvalue weighted by Crippen LogP contribution is 2.31. The monoisotopic (exact) mass is 248 g/mol. The molecule has 2 rings (SSSR count). The molecule has 0 saturated carbocycles. The molecular weight excluding hydrogens is 224 g/mol. The summed E-state index contributed by atoms with van der Waals surface area (Å²) < 4.78 is 5.67. The molecule has 0 radical (unpaired) electrons. The molecule has 0 aliphatic carbocycles. The van der Waals surface area contributed by atoms with Gasteiger partial charge < -0.3 is 15.0 Å². The van der Waals surface area contributed by atoms with Crippen LogP contribution in [0.5, 0.6) is 5.75 Å². The molecule has 0 fully saturated rings. The molecule has 1 unspecified atom stereocenters. The maximum absolute atomic E-state index is 5.67. The van der Waals surface area contributed by atoms with Gasteiger partial charge in [-0.2, -0.15) is 0 Å². The highest BCUT2D eigenvalue weighted by Gasteiger charge is 2.20. The average Bonchev–Trinajstić information content (AvgIpc) is 2.38. The first kappa shape index (κ1) is 13.4. The van der Waals surface area contributed by atoms with Gasteiger partial charge in [0.25, 0.3) is 0 Å². The van der Waals surface area contributed by atoms with Crippen molar-refractivity contribution in [3.8, 4) is 5.75 Å². The van der Waals surface area contributed by atoms with E-state index in [0.717, 1.165) is 31.9 Å². The molecule has 18 heavy (non-hydrogen) atoms. The number of benzene rings is 1. The Morgan fingerprint density at radius 3 is 2.94 bits per heavy atom. The molecule has 1 aromatic carbocycles. The van der Waals surface area contributed by atoms with Crippen LogP contribution in [0.15, 0.2) is 24.3 Å². The number of para-hydroxylation sites is 1. The molecule has 1 aliphatic rings. The lowest BCUT2D eigenvalue weighted by molar-refractivity contribution is 0.237. The van der Waals surface area contributed by atoms with Gasteiger partial charge in [-0.05, 0) is 27.0 Å². The standard InChI is InChI=1S/C15H24N2O/c1-12(2)17(3)10-9-16-14-8-11-18-15-7-5-4-6-13(14)15/h4-7,12,14,16H,8-11H2,1-3H3. The van der Waals surface area contributed by atoms with Crippen LogP contribution in [-0.4, -0.2) is 37.7 Å². The van der Waals surface area contributed by atoms with E-state index in [1.54, 1.807) is 0 Å². The van der Waals surface area contributed by atoms with Gasteiger partial charge in [-0.3, -0.25) is 0 Å². The summed E-state index contributed by atoms with van der Waals surface area (Å²) in [5.41, 5.74) is 1.30. The van der Waals surface area contributed by atoms with Crippen LogP contribution in [-0.2, 0) is 0 Å². The summed E-state index contributed by atoms with van der Waals surface area (Å²) in [7, 11) is 2.17.